The lowest BCUT2D eigenvalue weighted by Gasteiger charge is -2.30. The van der Waals surface area contributed by atoms with Crippen LogP contribution in [0.4, 0.5) is 0 Å². The quantitative estimate of drug-likeness (QED) is 0.795. The van der Waals surface area contributed by atoms with Crippen LogP contribution in [0, 0.1) is 5.92 Å². The number of sulfonamides is 1. The number of rotatable bonds is 6. The second-order valence-corrected chi connectivity index (χ2v) is 9.22. The Labute approximate surface area is 159 Å². The zero-order chi connectivity index (χ0) is 18.6. The maximum Gasteiger partial charge on any atom is 0.243 e. The number of nitrogens with one attached hydrogen (secondary N) is 1. The number of piperidine rings is 1. The number of benzene rings is 1. The molecule has 6 nitrogen and oxygen atoms in total. The molecule has 0 aromatic heterocycles. The normalized spacial score (nSPS) is 22.4. The fourth-order valence-electron chi connectivity index (χ4n) is 3.49. The van der Waals surface area contributed by atoms with Gasteiger partial charge in [0.25, 0.3) is 0 Å². The largest absolute Gasteiger partial charge is 0.378 e. The molecule has 2 fully saturated rings. The van der Waals surface area contributed by atoms with E-state index in [1.165, 1.54) is 16.4 Å². The van der Waals surface area contributed by atoms with E-state index in [1.807, 2.05) is 0 Å². The van der Waals surface area contributed by atoms with E-state index < -0.39 is 10.0 Å². The summed E-state index contributed by atoms with van der Waals surface area (Å²) in [5, 5.41) is 3.47. The van der Waals surface area contributed by atoms with E-state index >= 15 is 0 Å². The molecule has 1 aromatic rings. The molecule has 0 bridgehead atoms. The van der Waals surface area contributed by atoms with Gasteiger partial charge < -0.3 is 10.1 Å². The highest BCUT2D eigenvalue weighted by Crippen LogP contribution is 2.25. The van der Waals surface area contributed by atoms with Crippen LogP contribution in [0.25, 0.3) is 0 Å². The van der Waals surface area contributed by atoms with Gasteiger partial charge >= 0.3 is 0 Å². The Hall–Kier alpha value is -1.15. The van der Waals surface area contributed by atoms with Gasteiger partial charge in [-0.05, 0) is 56.4 Å². The third-order valence-corrected chi connectivity index (χ3v) is 7.23. The zero-order valence-electron chi connectivity index (χ0n) is 14.7. The van der Waals surface area contributed by atoms with Crippen molar-refractivity contribution in [2.75, 3.05) is 26.2 Å². The van der Waals surface area contributed by atoms with Crippen molar-refractivity contribution >= 4 is 27.5 Å². The summed E-state index contributed by atoms with van der Waals surface area (Å²) in [6, 6.07) is 6.18. The van der Waals surface area contributed by atoms with Crippen LogP contribution in [-0.4, -0.2) is 51.0 Å². The molecule has 0 aliphatic carbocycles. The SMILES string of the molecule is O=C(NCCC1CCCO1)C1CCN(S(=O)(=O)c2ccc(Cl)cc2)CC1. The van der Waals surface area contributed by atoms with Gasteiger partial charge in [0.2, 0.25) is 15.9 Å². The molecule has 8 heteroatoms. The van der Waals surface area contributed by atoms with Crippen LogP contribution in [0.1, 0.15) is 32.1 Å². The van der Waals surface area contributed by atoms with Gasteiger partial charge in [-0.25, -0.2) is 8.42 Å². The number of hydrogen-bond donors (Lipinski definition) is 1. The Morgan fingerprint density at radius 2 is 1.88 bits per heavy atom. The first-order valence-electron chi connectivity index (χ1n) is 9.12. The van der Waals surface area contributed by atoms with Crippen LogP contribution < -0.4 is 5.32 Å². The van der Waals surface area contributed by atoms with Crippen molar-refractivity contribution in [1.82, 2.24) is 9.62 Å². The van der Waals surface area contributed by atoms with Crippen molar-refractivity contribution in [1.29, 1.82) is 0 Å². The van der Waals surface area contributed by atoms with E-state index in [-0.39, 0.29) is 22.8 Å². The number of halogens is 1. The number of carbonyl (C=O) groups is 1. The molecule has 2 aliphatic rings. The third-order valence-electron chi connectivity index (χ3n) is 5.07. The molecule has 1 aromatic carbocycles. The van der Waals surface area contributed by atoms with Gasteiger partial charge in [-0.3, -0.25) is 4.79 Å². The van der Waals surface area contributed by atoms with Gasteiger partial charge in [-0.1, -0.05) is 11.6 Å². The van der Waals surface area contributed by atoms with E-state index in [0.29, 0.717) is 37.5 Å². The van der Waals surface area contributed by atoms with E-state index in [0.717, 1.165) is 25.9 Å². The summed E-state index contributed by atoms with van der Waals surface area (Å²) in [5.74, 6) is -0.109. The number of hydrogen-bond acceptors (Lipinski definition) is 4. The van der Waals surface area contributed by atoms with Gasteiger partial charge in [0.05, 0.1) is 11.0 Å². The Bertz CT molecular complexity index is 709. The summed E-state index contributed by atoms with van der Waals surface area (Å²) in [6.07, 6.45) is 4.35. The lowest BCUT2D eigenvalue weighted by atomic mass is 9.97. The molecule has 2 saturated heterocycles. The van der Waals surface area contributed by atoms with Crippen LogP contribution in [-0.2, 0) is 19.6 Å². The Balaban J connectivity index is 1.47. The standard InChI is InChI=1S/C18H25ClN2O4S/c19-15-3-5-17(6-4-15)26(23,24)21-11-8-14(9-12-21)18(22)20-10-7-16-2-1-13-25-16/h3-6,14,16H,1-2,7-13H2,(H,20,22). The van der Waals surface area contributed by atoms with Crippen molar-refractivity contribution in [3.05, 3.63) is 29.3 Å². The lowest BCUT2D eigenvalue weighted by Crippen LogP contribution is -2.43. The average Bonchev–Trinajstić information content (AvgIpc) is 3.15. The van der Waals surface area contributed by atoms with Gasteiger partial charge in [0.1, 0.15) is 0 Å². The molecule has 144 valence electrons. The van der Waals surface area contributed by atoms with Crippen LogP contribution in [0.15, 0.2) is 29.2 Å². The molecule has 3 rings (SSSR count). The summed E-state index contributed by atoms with van der Waals surface area (Å²) in [4.78, 5) is 12.5. The van der Waals surface area contributed by atoms with E-state index in [4.69, 9.17) is 16.3 Å². The molecule has 1 N–H and O–H groups in total. The summed E-state index contributed by atoms with van der Waals surface area (Å²) in [6.45, 7) is 2.15. The topological polar surface area (TPSA) is 75.7 Å². The Kier molecular flexibility index (Phi) is 6.55. The minimum absolute atomic E-state index is 0.0199. The maximum absolute atomic E-state index is 12.7. The third kappa shape index (κ3) is 4.76. The molecule has 1 amide bonds. The van der Waals surface area contributed by atoms with E-state index in [1.54, 1.807) is 12.1 Å². The van der Waals surface area contributed by atoms with Crippen LogP contribution in [0.3, 0.4) is 0 Å². The fraction of sp³-hybridized carbons (Fsp3) is 0.611. The lowest BCUT2D eigenvalue weighted by molar-refractivity contribution is -0.126. The van der Waals surface area contributed by atoms with Crippen LogP contribution >= 0.6 is 11.6 Å². The van der Waals surface area contributed by atoms with Crippen molar-refractivity contribution in [2.45, 2.75) is 43.1 Å². The molecule has 26 heavy (non-hydrogen) atoms. The molecular weight excluding hydrogens is 376 g/mol. The molecule has 2 aliphatic heterocycles. The van der Waals surface area contributed by atoms with Gasteiger partial charge in [0.15, 0.2) is 0 Å². The first-order valence-corrected chi connectivity index (χ1v) is 10.9. The highest BCUT2D eigenvalue weighted by atomic mass is 35.5. The minimum atomic E-state index is -3.53. The van der Waals surface area contributed by atoms with Crippen molar-refractivity contribution in [3.63, 3.8) is 0 Å². The first kappa shape index (κ1) is 19.6. The van der Waals surface area contributed by atoms with Gasteiger partial charge in [0, 0.05) is 37.2 Å². The van der Waals surface area contributed by atoms with Crippen molar-refractivity contribution in [2.24, 2.45) is 5.92 Å². The molecular formula is C18H25ClN2O4S. The molecule has 1 unspecified atom stereocenters. The maximum atomic E-state index is 12.7. The predicted octanol–water partition coefficient (Wildman–Crippen LogP) is 2.43. The summed E-state index contributed by atoms with van der Waals surface area (Å²) < 4.78 is 32.3. The number of amides is 1. The van der Waals surface area contributed by atoms with Crippen molar-refractivity contribution in [3.8, 4) is 0 Å². The molecule has 0 saturated carbocycles. The summed E-state index contributed by atoms with van der Waals surface area (Å²) in [7, 11) is -3.53. The second kappa shape index (κ2) is 8.69. The first-order chi connectivity index (χ1) is 12.5. The number of nitrogens with zero attached hydrogens (tertiary/aromatic N) is 1. The fourth-order valence-corrected chi connectivity index (χ4v) is 5.08. The predicted molar refractivity (Wildman–Crippen MR) is 99.5 cm³/mol. The molecule has 1 atom stereocenters. The smallest absolute Gasteiger partial charge is 0.243 e. The van der Waals surface area contributed by atoms with Crippen LogP contribution in [0.2, 0.25) is 5.02 Å². The molecule has 0 radical (unpaired) electrons. The van der Waals surface area contributed by atoms with E-state index in [9.17, 15) is 13.2 Å². The minimum Gasteiger partial charge on any atom is -0.378 e. The Morgan fingerprint density at radius 3 is 2.50 bits per heavy atom. The van der Waals surface area contributed by atoms with Gasteiger partial charge in [-0.15, -0.1) is 0 Å². The zero-order valence-corrected chi connectivity index (χ0v) is 16.3. The summed E-state index contributed by atoms with van der Waals surface area (Å²) >= 11 is 5.82. The highest BCUT2D eigenvalue weighted by Gasteiger charge is 2.32. The monoisotopic (exact) mass is 400 g/mol. The average molecular weight is 401 g/mol. The van der Waals surface area contributed by atoms with Crippen LogP contribution in [0.5, 0.6) is 0 Å². The molecule has 0 spiro atoms. The summed E-state index contributed by atoms with van der Waals surface area (Å²) in [5.41, 5.74) is 0. The number of carbonyl (C=O) groups excluding carboxylic acids is 1. The molecule has 2 heterocycles. The second-order valence-electron chi connectivity index (χ2n) is 6.85. The van der Waals surface area contributed by atoms with E-state index in [2.05, 4.69) is 5.32 Å². The van der Waals surface area contributed by atoms with Crippen molar-refractivity contribution < 1.29 is 17.9 Å². The van der Waals surface area contributed by atoms with Gasteiger partial charge in [-0.2, -0.15) is 4.31 Å². The number of ether oxygens (including phenoxy) is 1. The Morgan fingerprint density at radius 1 is 1.19 bits per heavy atom. The highest BCUT2D eigenvalue weighted by molar-refractivity contribution is 7.89.